The van der Waals surface area contributed by atoms with Gasteiger partial charge in [0.1, 0.15) is 5.52 Å². The lowest BCUT2D eigenvalue weighted by molar-refractivity contribution is 0.345. The van der Waals surface area contributed by atoms with Gasteiger partial charge in [0.05, 0.1) is 10.9 Å². The Balaban J connectivity index is 1.31. The van der Waals surface area contributed by atoms with Crippen LogP contribution in [0.5, 0.6) is 0 Å². The van der Waals surface area contributed by atoms with Crippen molar-refractivity contribution in [3.63, 3.8) is 0 Å². The van der Waals surface area contributed by atoms with Crippen molar-refractivity contribution in [1.82, 2.24) is 20.1 Å². The van der Waals surface area contributed by atoms with E-state index < -0.39 is 9.84 Å². The zero-order chi connectivity index (χ0) is 21.4. The molecule has 31 heavy (non-hydrogen) atoms. The second-order valence-electron chi connectivity index (χ2n) is 8.40. The van der Waals surface area contributed by atoms with Crippen molar-refractivity contribution >= 4 is 32.2 Å². The SMILES string of the molecule is CS(=O)(=O)c1ccc(N2CCN(c3nccc4cn(C5CCNCC5)nc34)CC2)cc1. The van der Waals surface area contributed by atoms with Crippen LogP contribution in [0.15, 0.2) is 47.6 Å². The molecule has 9 heteroatoms. The Morgan fingerprint density at radius 1 is 0.968 bits per heavy atom. The molecule has 1 N–H and O–H groups in total. The van der Waals surface area contributed by atoms with Crippen molar-refractivity contribution in [2.75, 3.05) is 55.3 Å². The Labute approximate surface area is 182 Å². The van der Waals surface area contributed by atoms with Crippen molar-refractivity contribution in [1.29, 1.82) is 0 Å². The van der Waals surface area contributed by atoms with Gasteiger partial charge in [-0.3, -0.25) is 4.68 Å². The first-order chi connectivity index (χ1) is 15.0. The Kier molecular flexibility index (Phi) is 5.31. The zero-order valence-electron chi connectivity index (χ0n) is 17.7. The van der Waals surface area contributed by atoms with Gasteiger partial charge in [-0.15, -0.1) is 0 Å². The fraction of sp³-hybridized carbons (Fsp3) is 0.455. The largest absolute Gasteiger partial charge is 0.368 e. The number of rotatable bonds is 4. The number of anilines is 2. The average Bonchev–Trinajstić information content (AvgIpc) is 3.24. The molecular formula is C22H28N6O2S. The smallest absolute Gasteiger partial charge is 0.175 e. The highest BCUT2D eigenvalue weighted by Gasteiger charge is 2.23. The molecule has 0 spiro atoms. The zero-order valence-corrected chi connectivity index (χ0v) is 18.6. The summed E-state index contributed by atoms with van der Waals surface area (Å²) in [5.41, 5.74) is 2.03. The van der Waals surface area contributed by atoms with E-state index in [4.69, 9.17) is 5.10 Å². The van der Waals surface area contributed by atoms with Crippen LogP contribution in [0.4, 0.5) is 11.5 Å². The first-order valence-corrected chi connectivity index (χ1v) is 12.7. The van der Waals surface area contributed by atoms with Gasteiger partial charge in [0.15, 0.2) is 15.7 Å². The Morgan fingerprint density at radius 2 is 1.65 bits per heavy atom. The number of piperidine rings is 1. The Morgan fingerprint density at radius 3 is 2.32 bits per heavy atom. The molecule has 0 unspecified atom stereocenters. The van der Waals surface area contributed by atoms with E-state index in [0.29, 0.717) is 10.9 Å². The molecule has 0 bridgehead atoms. The number of piperazine rings is 1. The molecular weight excluding hydrogens is 412 g/mol. The van der Waals surface area contributed by atoms with Crippen molar-refractivity contribution < 1.29 is 8.42 Å². The number of nitrogens with one attached hydrogen (secondary N) is 1. The van der Waals surface area contributed by atoms with Gasteiger partial charge in [0.2, 0.25) is 0 Å². The number of benzene rings is 1. The first-order valence-electron chi connectivity index (χ1n) is 10.8. The average molecular weight is 441 g/mol. The molecule has 4 heterocycles. The van der Waals surface area contributed by atoms with E-state index in [2.05, 4.69) is 31.0 Å². The van der Waals surface area contributed by atoms with Gasteiger partial charge < -0.3 is 15.1 Å². The van der Waals surface area contributed by atoms with Gasteiger partial charge in [-0.2, -0.15) is 5.10 Å². The number of hydrogen-bond acceptors (Lipinski definition) is 7. The molecule has 0 aliphatic carbocycles. The van der Waals surface area contributed by atoms with Crippen LogP contribution in [0.2, 0.25) is 0 Å². The Bertz CT molecular complexity index is 1160. The fourth-order valence-electron chi connectivity index (χ4n) is 4.52. The highest BCUT2D eigenvalue weighted by Crippen LogP contribution is 2.28. The van der Waals surface area contributed by atoms with E-state index in [1.807, 2.05) is 24.4 Å². The maximum absolute atomic E-state index is 11.7. The standard InChI is InChI=1S/C22H28N6O2S/c1-31(29,30)20-4-2-18(3-5-20)26-12-14-27(15-13-26)22-21-17(6-11-24-22)16-28(25-21)19-7-9-23-10-8-19/h2-6,11,16,19,23H,7-10,12-15H2,1H3. The summed E-state index contributed by atoms with van der Waals surface area (Å²) in [5.74, 6) is 0.956. The normalized spacial score (nSPS) is 18.6. The highest BCUT2D eigenvalue weighted by atomic mass is 32.2. The molecule has 2 aliphatic rings. The van der Waals surface area contributed by atoms with E-state index >= 15 is 0 Å². The quantitative estimate of drug-likeness (QED) is 0.665. The van der Waals surface area contributed by atoms with Crippen LogP contribution in [0, 0.1) is 0 Å². The molecule has 2 fully saturated rings. The summed E-state index contributed by atoms with van der Waals surface area (Å²) in [4.78, 5) is 9.63. The number of pyridine rings is 1. The topological polar surface area (TPSA) is 83.4 Å². The highest BCUT2D eigenvalue weighted by molar-refractivity contribution is 7.90. The van der Waals surface area contributed by atoms with Crippen LogP contribution in [-0.2, 0) is 9.84 Å². The van der Waals surface area contributed by atoms with Crippen molar-refractivity contribution in [3.8, 4) is 0 Å². The number of nitrogens with zero attached hydrogens (tertiary/aromatic N) is 5. The van der Waals surface area contributed by atoms with Gasteiger partial charge in [0.25, 0.3) is 0 Å². The van der Waals surface area contributed by atoms with E-state index in [0.717, 1.165) is 74.5 Å². The van der Waals surface area contributed by atoms with Crippen molar-refractivity contribution in [3.05, 3.63) is 42.7 Å². The molecule has 0 amide bonds. The van der Waals surface area contributed by atoms with Crippen LogP contribution in [0.1, 0.15) is 18.9 Å². The lowest BCUT2D eigenvalue weighted by Crippen LogP contribution is -2.46. The third-order valence-corrected chi connectivity index (χ3v) is 7.44. The predicted octanol–water partition coefficient (Wildman–Crippen LogP) is 2.09. The van der Waals surface area contributed by atoms with Crippen LogP contribution in [0.25, 0.3) is 10.9 Å². The molecule has 0 saturated carbocycles. The maximum Gasteiger partial charge on any atom is 0.175 e. The van der Waals surface area contributed by atoms with Crippen LogP contribution in [0.3, 0.4) is 0 Å². The molecule has 0 atom stereocenters. The van der Waals surface area contributed by atoms with Crippen LogP contribution >= 0.6 is 0 Å². The molecule has 0 radical (unpaired) electrons. The van der Waals surface area contributed by atoms with Gasteiger partial charge in [-0.05, 0) is 56.3 Å². The summed E-state index contributed by atoms with van der Waals surface area (Å²) in [6.07, 6.45) is 7.49. The third kappa shape index (κ3) is 4.12. The fourth-order valence-corrected chi connectivity index (χ4v) is 5.15. The van der Waals surface area contributed by atoms with E-state index in [1.165, 1.54) is 6.26 Å². The number of hydrogen-bond donors (Lipinski definition) is 1. The summed E-state index contributed by atoms with van der Waals surface area (Å²) in [6, 6.07) is 9.66. The summed E-state index contributed by atoms with van der Waals surface area (Å²) in [5, 5.41) is 9.49. The molecule has 3 aromatic rings. The molecule has 2 aliphatic heterocycles. The number of fused-ring (bicyclic) bond motifs is 1. The van der Waals surface area contributed by atoms with Crippen LogP contribution < -0.4 is 15.1 Å². The molecule has 8 nitrogen and oxygen atoms in total. The second-order valence-corrected chi connectivity index (χ2v) is 10.4. The minimum atomic E-state index is -3.17. The molecule has 5 rings (SSSR count). The van der Waals surface area contributed by atoms with E-state index in [1.54, 1.807) is 12.1 Å². The first kappa shape index (κ1) is 20.3. The van der Waals surface area contributed by atoms with E-state index in [-0.39, 0.29) is 0 Å². The third-order valence-electron chi connectivity index (χ3n) is 6.32. The molecule has 164 valence electrons. The van der Waals surface area contributed by atoms with Crippen molar-refractivity contribution in [2.24, 2.45) is 0 Å². The summed E-state index contributed by atoms with van der Waals surface area (Å²) < 4.78 is 25.5. The summed E-state index contributed by atoms with van der Waals surface area (Å²) >= 11 is 0. The molecule has 2 saturated heterocycles. The number of sulfone groups is 1. The summed E-state index contributed by atoms with van der Waals surface area (Å²) in [7, 11) is -3.17. The second kappa shape index (κ2) is 8.12. The van der Waals surface area contributed by atoms with Gasteiger partial charge in [-0.1, -0.05) is 0 Å². The minimum Gasteiger partial charge on any atom is -0.368 e. The minimum absolute atomic E-state index is 0.357. The predicted molar refractivity (Wildman–Crippen MR) is 123 cm³/mol. The molecule has 2 aromatic heterocycles. The van der Waals surface area contributed by atoms with E-state index in [9.17, 15) is 8.42 Å². The summed E-state index contributed by atoms with van der Waals surface area (Å²) in [6.45, 7) is 5.48. The lowest BCUT2D eigenvalue weighted by atomic mass is 10.1. The Hall–Kier alpha value is -2.65. The van der Waals surface area contributed by atoms with Crippen LogP contribution in [-0.4, -0.2) is 68.7 Å². The number of aromatic nitrogens is 3. The van der Waals surface area contributed by atoms with Gasteiger partial charge in [0, 0.05) is 55.9 Å². The van der Waals surface area contributed by atoms with Gasteiger partial charge >= 0.3 is 0 Å². The maximum atomic E-state index is 11.7. The molecule has 1 aromatic carbocycles. The van der Waals surface area contributed by atoms with Gasteiger partial charge in [-0.25, -0.2) is 13.4 Å². The lowest BCUT2D eigenvalue weighted by Gasteiger charge is -2.36. The monoisotopic (exact) mass is 440 g/mol. The van der Waals surface area contributed by atoms with Crippen molar-refractivity contribution in [2.45, 2.75) is 23.8 Å².